The molecule has 0 saturated carbocycles. The van der Waals surface area contributed by atoms with Crippen LogP contribution in [0, 0.1) is 23.5 Å². The molecule has 2 saturated heterocycles. The molecule has 0 aliphatic carbocycles. The van der Waals surface area contributed by atoms with Gasteiger partial charge < -0.3 is 10.2 Å². The van der Waals surface area contributed by atoms with Gasteiger partial charge in [0.2, 0.25) is 5.91 Å². The largest absolute Gasteiger partial charge is 0.401 e. The summed E-state index contributed by atoms with van der Waals surface area (Å²) in [6, 6.07) is 2.79. The molecule has 166 valence electrons. The van der Waals surface area contributed by atoms with Gasteiger partial charge in [-0.2, -0.15) is 13.2 Å². The van der Waals surface area contributed by atoms with Crippen LogP contribution >= 0.6 is 0 Å². The molecule has 0 radical (unpaired) electrons. The number of amides is 2. The van der Waals surface area contributed by atoms with E-state index in [1.165, 1.54) is 9.80 Å². The first kappa shape index (κ1) is 22.5. The fourth-order valence-corrected chi connectivity index (χ4v) is 4.04. The van der Waals surface area contributed by atoms with E-state index in [9.17, 15) is 31.5 Å². The zero-order valence-electron chi connectivity index (χ0n) is 16.4. The second-order valence-electron chi connectivity index (χ2n) is 7.94. The van der Waals surface area contributed by atoms with E-state index >= 15 is 0 Å². The molecule has 5 nitrogen and oxygen atoms in total. The van der Waals surface area contributed by atoms with Crippen molar-refractivity contribution in [3.05, 3.63) is 35.4 Å². The van der Waals surface area contributed by atoms with Crippen molar-refractivity contribution >= 4 is 11.8 Å². The molecule has 2 aliphatic rings. The predicted octanol–water partition coefficient (Wildman–Crippen LogP) is 2.82. The van der Waals surface area contributed by atoms with Crippen molar-refractivity contribution in [2.24, 2.45) is 11.8 Å². The first-order chi connectivity index (χ1) is 14.1. The molecule has 1 N–H and O–H groups in total. The normalized spacial score (nSPS) is 21.1. The topological polar surface area (TPSA) is 52.7 Å². The lowest BCUT2D eigenvalue weighted by Gasteiger charge is -2.31. The quantitative estimate of drug-likeness (QED) is 0.727. The van der Waals surface area contributed by atoms with E-state index < -0.39 is 30.3 Å². The molecule has 30 heavy (non-hydrogen) atoms. The number of likely N-dealkylation sites (tertiary alicyclic amines) is 2. The lowest BCUT2D eigenvalue weighted by Crippen LogP contribution is -2.44. The number of alkyl halides is 3. The minimum atomic E-state index is -4.22. The third-order valence-corrected chi connectivity index (χ3v) is 5.65. The van der Waals surface area contributed by atoms with Crippen LogP contribution in [0.2, 0.25) is 0 Å². The fraction of sp³-hybridized carbons (Fsp3) is 0.600. The Bertz CT molecular complexity index is 778. The highest BCUT2D eigenvalue weighted by atomic mass is 19.4. The number of hydrogen-bond acceptors (Lipinski definition) is 3. The van der Waals surface area contributed by atoms with Crippen molar-refractivity contribution < 1.29 is 31.5 Å². The number of rotatable bonds is 5. The summed E-state index contributed by atoms with van der Waals surface area (Å²) >= 11 is 0. The molecule has 1 atom stereocenters. The second-order valence-corrected chi connectivity index (χ2v) is 7.94. The molecule has 2 heterocycles. The Morgan fingerprint density at radius 3 is 2.40 bits per heavy atom. The van der Waals surface area contributed by atoms with Gasteiger partial charge in [0, 0.05) is 38.2 Å². The molecule has 0 bridgehead atoms. The monoisotopic (exact) mass is 433 g/mol. The molecule has 0 spiro atoms. The van der Waals surface area contributed by atoms with Gasteiger partial charge in [-0.25, -0.2) is 8.78 Å². The third kappa shape index (κ3) is 5.90. The highest BCUT2D eigenvalue weighted by Gasteiger charge is 2.35. The van der Waals surface area contributed by atoms with Gasteiger partial charge in [-0.1, -0.05) is 0 Å². The van der Waals surface area contributed by atoms with Crippen molar-refractivity contribution in [1.29, 1.82) is 0 Å². The molecule has 0 aromatic heterocycles. The lowest BCUT2D eigenvalue weighted by atomic mass is 9.95. The zero-order valence-corrected chi connectivity index (χ0v) is 16.4. The summed E-state index contributed by atoms with van der Waals surface area (Å²) in [6.07, 6.45) is -2.80. The number of carbonyl (C=O) groups is 2. The minimum absolute atomic E-state index is 0.0144. The van der Waals surface area contributed by atoms with Crippen LogP contribution < -0.4 is 5.32 Å². The molecule has 3 rings (SSSR count). The number of benzene rings is 1. The molecule has 2 fully saturated rings. The molecular formula is C20H24F5N3O2. The van der Waals surface area contributed by atoms with Crippen LogP contribution in [0.1, 0.15) is 29.6 Å². The van der Waals surface area contributed by atoms with Crippen molar-refractivity contribution in [1.82, 2.24) is 15.1 Å². The maximum absolute atomic E-state index is 13.8. The van der Waals surface area contributed by atoms with Crippen LogP contribution in [-0.2, 0) is 4.79 Å². The summed E-state index contributed by atoms with van der Waals surface area (Å²) in [5.74, 6) is -2.72. The van der Waals surface area contributed by atoms with Crippen LogP contribution in [-0.4, -0.2) is 67.1 Å². The number of carbonyl (C=O) groups excluding carboxylic acids is 2. The van der Waals surface area contributed by atoms with Gasteiger partial charge in [-0.3, -0.25) is 14.5 Å². The van der Waals surface area contributed by atoms with Gasteiger partial charge >= 0.3 is 6.18 Å². The summed E-state index contributed by atoms with van der Waals surface area (Å²) in [5, 5.41) is 2.82. The van der Waals surface area contributed by atoms with Gasteiger partial charge in [0.05, 0.1) is 12.1 Å². The molecule has 0 unspecified atom stereocenters. The van der Waals surface area contributed by atoms with Gasteiger partial charge in [0.1, 0.15) is 11.6 Å². The van der Waals surface area contributed by atoms with Gasteiger partial charge in [0.15, 0.2) is 0 Å². The van der Waals surface area contributed by atoms with E-state index in [1.807, 2.05) is 0 Å². The average Bonchev–Trinajstić information content (AvgIpc) is 3.11. The second kappa shape index (κ2) is 9.28. The summed E-state index contributed by atoms with van der Waals surface area (Å²) in [7, 11) is 0. The summed E-state index contributed by atoms with van der Waals surface area (Å²) in [6.45, 7) is 0.606. The first-order valence-electron chi connectivity index (χ1n) is 9.93. The molecule has 2 amide bonds. The standard InChI is InChI=1S/C20H24F5N3O2/c21-15-1-2-16(17(22)9-15)19(30)28-7-4-14(5-8-28)18(29)26-10-13-3-6-27(11-13)12-20(23,24)25/h1-2,9,13-14H,3-8,10-12H2,(H,26,29)/t13-/m0/s1. The molecular weight excluding hydrogens is 409 g/mol. The molecule has 1 aromatic rings. The van der Waals surface area contributed by atoms with Crippen LogP contribution in [0.3, 0.4) is 0 Å². The minimum Gasteiger partial charge on any atom is -0.356 e. The Kier molecular flexibility index (Phi) is 6.95. The summed E-state index contributed by atoms with van der Waals surface area (Å²) < 4.78 is 64.2. The van der Waals surface area contributed by atoms with Crippen LogP contribution in [0.25, 0.3) is 0 Å². The molecule has 10 heteroatoms. The van der Waals surface area contributed by atoms with Crippen molar-refractivity contribution in [3.8, 4) is 0 Å². The Balaban J connectivity index is 1.42. The SMILES string of the molecule is O=C(NC[C@@H]1CCN(CC(F)(F)F)C1)C1CCN(C(=O)c2ccc(F)cc2F)CC1. The van der Waals surface area contributed by atoms with Crippen molar-refractivity contribution in [2.45, 2.75) is 25.4 Å². The van der Waals surface area contributed by atoms with E-state index in [-0.39, 0.29) is 36.4 Å². The lowest BCUT2D eigenvalue weighted by molar-refractivity contribution is -0.143. The number of hydrogen-bond donors (Lipinski definition) is 1. The smallest absolute Gasteiger partial charge is 0.356 e. The average molecular weight is 433 g/mol. The predicted molar refractivity (Wildman–Crippen MR) is 98.6 cm³/mol. The van der Waals surface area contributed by atoms with E-state index in [4.69, 9.17) is 0 Å². The molecule has 2 aliphatic heterocycles. The maximum atomic E-state index is 13.8. The zero-order chi connectivity index (χ0) is 21.9. The number of nitrogens with zero attached hydrogens (tertiary/aromatic N) is 2. The number of piperidine rings is 1. The van der Waals surface area contributed by atoms with E-state index in [0.717, 1.165) is 12.1 Å². The Hall–Kier alpha value is -2.23. The highest BCUT2D eigenvalue weighted by molar-refractivity contribution is 5.94. The molecule has 1 aromatic carbocycles. The van der Waals surface area contributed by atoms with Gasteiger partial charge in [0.25, 0.3) is 5.91 Å². The van der Waals surface area contributed by atoms with Crippen LogP contribution in [0.5, 0.6) is 0 Å². The first-order valence-corrected chi connectivity index (χ1v) is 9.93. The summed E-state index contributed by atoms with van der Waals surface area (Å²) in [5.41, 5.74) is -0.205. The Labute approximate surface area is 171 Å². The number of halogens is 5. The van der Waals surface area contributed by atoms with E-state index in [0.29, 0.717) is 45.0 Å². The van der Waals surface area contributed by atoms with Crippen LogP contribution in [0.4, 0.5) is 22.0 Å². The van der Waals surface area contributed by atoms with Crippen molar-refractivity contribution in [2.75, 3.05) is 39.3 Å². The van der Waals surface area contributed by atoms with Gasteiger partial charge in [-0.15, -0.1) is 0 Å². The van der Waals surface area contributed by atoms with Crippen LogP contribution in [0.15, 0.2) is 18.2 Å². The van der Waals surface area contributed by atoms with E-state index in [1.54, 1.807) is 0 Å². The number of nitrogens with one attached hydrogen (secondary N) is 1. The van der Waals surface area contributed by atoms with E-state index in [2.05, 4.69) is 5.32 Å². The van der Waals surface area contributed by atoms with Crippen molar-refractivity contribution in [3.63, 3.8) is 0 Å². The Morgan fingerprint density at radius 1 is 1.07 bits per heavy atom. The third-order valence-electron chi connectivity index (χ3n) is 5.65. The Morgan fingerprint density at radius 2 is 1.77 bits per heavy atom. The fourth-order valence-electron chi connectivity index (χ4n) is 4.04. The van der Waals surface area contributed by atoms with Gasteiger partial charge in [-0.05, 0) is 43.9 Å². The maximum Gasteiger partial charge on any atom is 0.401 e. The summed E-state index contributed by atoms with van der Waals surface area (Å²) in [4.78, 5) is 27.6. The highest BCUT2D eigenvalue weighted by Crippen LogP contribution is 2.23.